The highest BCUT2D eigenvalue weighted by molar-refractivity contribution is 7.17. The van der Waals surface area contributed by atoms with Crippen molar-refractivity contribution in [3.8, 4) is 0 Å². The lowest BCUT2D eigenvalue weighted by Gasteiger charge is -2.17. The predicted octanol–water partition coefficient (Wildman–Crippen LogP) is 4.61. The monoisotopic (exact) mass is 465 g/mol. The molecule has 0 aliphatic carbocycles. The van der Waals surface area contributed by atoms with Crippen molar-refractivity contribution in [2.24, 2.45) is 0 Å². The van der Waals surface area contributed by atoms with Gasteiger partial charge in [0.1, 0.15) is 9.75 Å². The van der Waals surface area contributed by atoms with Crippen molar-refractivity contribution in [2.45, 2.75) is 13.8 Å². The summed E-state index contributed by atoms with van der Waals surface area (Å²) < 4.78 is 10.2. The van der Waals surface area contributed by atoms with Gasteiger partial charge in [-0.15, -0.1) is 11.3 Å². The van der Waals surface area contributed by atoms with E-state index in [4.69, 9.17) is 9.47 Å². The number of para-hydroxylation sites is 1. The molecule has 0 spiro atoms. The molecule has 1 heterocycles. The van der Waals surface area contributed by atoms with E-state index in [1.807, 2.05) is 6.07 Å². The number of thiophene rings is 1. The molecule has 0 bridgehead atoms. The van der Waals surface area contributed by atoms with Gasteiger partial charge in [-0.3, -0.25) is 9.59 Å². The zero-order chi connectivity index (χ0) is 24.0. The number of carbonyl (C=O) groups excluding carboxylic acids is 4. The Morgan fingerprint density at radius 3 is 1.88 bits per heavy atom. The smallest absolute Gasteiger partial charge is 0.349 e. The van der Waals surface area contributed by atoms with Crippen molar-refractivity contribution < 1.29 is 28.7 Å². The second kappa shape index (κ2) is 10.7. The van der Waals surface area contributed by atoms with E-state index >= 15 is 0 Å². The molecule has 0 aliphatic rings. The van der Waals surface area contributed by atoms with E-state index in [1.54, 1.807) is 75.5 Å². The second-order valence-electron chi connectivity index (χ2n) is 6.85. The van der Waals surface area contributed by atoms with Crippen LogP contribution in [0.5, 0.6) is 0 Å². The molecule has 1 aromatic heterocycles. The zero-order valence-corrected chi connectivity index (χ0v) is 19.3. The number of esters is 2. The van der Waals surface area contributed by atoms with Crippen molar-refractivity contribution in [1.82, 2.24) is 0 Å². The van der Waals surface area contributed by atoms with Gasteiger partial charge in [0.15, 0.2) is 5.78 Å². The van der Waals surface area contributed by atoms with E-state index < -0.39 is 23.6 Å². The standard InChI is InChI=1S/C25H23NO6S/c1-4-31-24(29)19-18(20(27)16-12-8-6-9-13-16)21(33-22(19)25(30)32-5-2)23(28)26(3)17-14-10-7-11-15-17/h6-15H,4-5H2,1-3H3. The van der Waals surface area contributed by atoms with E-state index in [-0.39, 0.29) is 39.7 Å². The summed E-state index contributed by atoms with van der Waals surface area (Å²) in [4.78, 5) is 53.8. The first-order chi connectivity index (χ1) is 15.9. The Kier molecular flexibility index (Phi) is 7.74. The minimum absolute atomic E-state index is 0.0309. The maximum absolute atomic E-state index is 13.5. The van der Waals surface area contributed by atoms with Crippen LogP contribution in [-0.4, -0.2) is 43.9 Å². The van der Waals surface area contributed by atoms with E-state index in [0.717, 1.165) is 11.3 Å². The molecule has 8 heteroatoms. The first kappa shape index (κ1) is 23.9. The number of amides is 1. The summed E-state index contributed by atoms with van der Waals surface area (Å²) in [6, 6.07) is 17.1. The van der Waals surface area contributed by atoms with Gasteiger partial charge < -0.3 is 14.4 Å². The second-order valence-corrected chi connectivity index (χ2v) is 7.87. The van der Waals surface area contributed by atoms with Crippen LogP contribution < -0.4 is 4.90 Å². The van der Waals surface area contributed by atoms with Crippen LogP contribution in [-0.2, 0) is 9.47 Å². The third-order valence-corrected chi connectivity index (χ3v) is 5.91. The zero-order valence-electron chi connectivity index (χ0n) is 18.5. The normalized spacial score (nSPS) is 10.4. The molecule has 0 radical (unpaired) electrons. The SMILES string of the molecule is CCOC(=O)c1sc(C(=O)N(C)c2ccccc2)c(C(=O)c2ccccc2)c1C(=O)OCC. The van der Waals surface area contributed by atoms with Gasteiger partial charge in [0.25, 0.3) is 5.91 Å². The summed E-state index contributed by atoms with van der Waals surface area (Å²) in [5.41, 5.74) is 0.441. The number of ketones is 1. The van der Waals surface area contributed by atoms with E-state index in [2.05, 4.69) is 0 Å². The number of ether oxygens (including phenoxy) is 2. The largest absolute Gasteiger partial charge is 0.462 e. The molecule has 3 rings (SSSR count). The van der Waals surface area contributed by atoms with Crippen LogP contribution in [0.15, 0.2) is 60.7 Å². The highest BCUT2D eigenvalue weighted by atomic mass is 32.1. The number of nitrogens with zero attached hydrogens (tertiary/aromatic N) is 1. The topological polar surface area (TPSA) is 90.0 Å². The molecule has 3 aromatic rings. The summed E-state index contributed by atoms with van der Waals surface area (Å²) in [6.07, 6.45) is 0. The minimum Gasteiger partial charge on any atom is -0.462 e. The van der Waals surface area contributed by atoms with Crippen molar-refractivity contribution in [2.75, 3.05) is 25.2 Å². The molecule has 1 amide bonds. The van der Waals surface area contributed by atoms with Crippen LogP contribution in [0.2, 0.25) is 0 Å². The fourth-order valence-electron chi connectivity index (χ4n) is 3.19. The number of carbonyl (C=O) groups is 4. The van der Waals surface area contributed by atoms with Gasteiger partial charge in [-0.2, -0.15) is 0 Å². The van der Waals surface area contributed by atoms with E-state index in [1.165, 1.54) is 4.90 Å². The number of hydrogen-bond donors (Lipinski definition) is 0. The van der Waals surface area contributed by atoms with Gasteiger partial charge in [-0.25, -0.2) is 9.59 Å². The van der Waals surface area contributed by atoms with Gasteiger partial charge in [0, 0.05) is 18.3 Å². The molecule has 0 atom stereocenters. The average molecular weight is 466 g/mol. The molecule has 7 nitrogen and oxygen atoms in total. The van der Waals surface area contributed by atoms with Gasteiger partial charge >= 0.3 is 11.9 Å². The molecule has 33 heavy (non-hydrogen) atoms. The lowest BCUT2D eigenvalue weighted by atomic mass is 9.98. The van der Waals surface area contributed by atoms with Gasteiger partial charge in [0.05, 0.1) is 24.3 Å². The van der Waals surface area contributed by atoms with Crippen LogP contribution in [0, 0.1) is 0 Å². The molecule has 0 saturated heterocycles. The molecule has 0 unspecified atom stereocenters. The molecule has 170 valence electrons. The maximum Gasteiger partial charge on any atom is 0.349 e. The Morgan fingerprint density at radius 2 is 1.30 bits per heavy atom. The average Bonchev–Trinajstić information content (AvgIpc) is 3.25. The molecule has 0 saturated carbocycles. The van der Waals surface area contributed by atoms with Crippen molar-refractivity contribution in [3.05, 3.63) is 87.1 Å². The van der Waals surface area contributed by atoms with Crippen molar-refractivity contribution in [1.29, 1.82) is 0 Å². The van der Waals surface area contributed by atoms with Crippen LogP contribution in [0.3, 0.4) is 0 Å². The highest BCUT2D eigenvalue weighted by Gasteiger charge is 2.36. The molecule has 0 N–H and O–H groups in total. The molecular formula is C25H23NO6S. The highest BCUT2D eigenvalue weighted by Crippen LogP contribution is 2.34. The summed E-state index contributed by atoms with van der Waals surface area (Å²) in [7, 11) is 1.56. The quantitative estimate of drug-likeness (QED) is 0.357. The molecule has 0 aliphatic heterocycles. The fourth-order valence-corrected chi connectivity index (χ4v) is 4.35. The third-order valence-electron chi connectivity index (χ3n) is 4.75. The molecule has 2 aromatic carbocycles. The Labute approximate surface area is 195 Å². The van der Waals surface area contributed by atoms with Crippen LogP contribution in [0.1, 0.15) is 59.5 Å². The lowest BCUT2D eigenvalue weighted by molar-refractivity contribution is 0.0482. The van der Waals surface area contributed by atoms with Gasteiger partial charge in [-0.05, 0) is 26.0 Å². The Bertz CT molecular complexity index is 1170. The first-order valence-corrected chi connectivity index (χ1v) is 11.2. The Balaban J connectivity index is 2.25. The summed E-state index contributed by atoms with van der Waals surface area (Å²) in [6.45, 7) is 3.33. The summed E-state index contributed by atoms with van der Waals surface area (Å²) >= 11 is 0.755. The Morgan fingerprint density at radius 1 is 0.758 bits per heavy atom. The Hall–Kier alpha value is -3.78. The number of benzene rings is 2. The maximum atomic E-state index is 13.5. The number of rotatable bonds is 8. The lowest BCUT2D eigenvalue weighted by Crippen LogP contribution is -2.27. The van der Waals surface area contributed by atoms with Crippen LogP contribution in [0.25, 0.3) is 0 Å². The minimum atomic E-state index is -0.863. The first-order valence-electron chi connectivity index (χ1n) is 10.3. The third kappa shape index (κ3) is 5.01. The number of anilines is 1. The number of hydrogen-bond acceptors (Lipinski definition) is 7. The fraction of sp³-hybridized carbons (Fsp3) is 0.200. The van der Waals surface area contributed by atoms with Gasteiger partial charge in [0.2, 0.25) is 0 Å². The van der Waals surface area contributed by atoms with Crippen molar-refractivity contribution >= 4 is 40.7 Å². The molecule has 0 fully saturated rings. The van der Waals surface area contributed by atoms with Crippen LogP contribution in [0.4, 0.5) is 5.69 Å². The summed E-state index contributed by atoms with van der Waals surface area (Å²) in [5.74, 6) is -2.76. The van der Waals surface area contributed by atoms with E-state index in [0.29, 0.717) is 5.69 Å². The predicted molar refractivity (Wildman–Crippen MR) is 125 cm³/mol. The summed E-state index contributed by atoms with van der Waals surface area (Å²) in [5, 5.41) is 0. The van der Waals surface area contributed by atoms with Crippen molar-refractivity contribution in [3.63, 3.8) is 0 Å². The van der Waals surface area contributed by atoms with Crippen LogP contribution >= 0.6 is 11.3 Å². The van der Waals surface area contributed by atoms with Gasteiger partial charge in [-0.1, -0.05) is 48.5 Å². The van der Waals surface area contributed by atoms with E-state index in [9.17, 15) is 19.2 Å². The molecular weight excluding hydrogens is 442 g/mol.